The molecule has 1 heterocycles. The van der Waals surface area contributed by atoms with Crippen LogP contribution in [-0.4, -0.2) is 45.6 Å². The van der Waals surface area contributed by atoms with Crippen molar-refractivity contribution in [3.8, 4) is 0 Å². The first-order chi connectivity index (χ1) is 9.35. The highest BCUT2D eigenvalue weighted by Crippen LogP contribution is 2.29. The molecule has 7 nitrogen and oxygen atoms in total. The van der Waals surface area contributed by atoms with Crippen molar-refractivity contribution in [2.45, 2.75) is 12.1 Å². The number of hydrogen-bond donors (Lipinski definition) is 1. The van der Waals surface area contributed by atoms with Crippen LogP contribution >= 0.6 is 0 Å². The minimum atomic E-state index is -2.49. The predicted octanol–water partition coefficient (Wildman–Crippen LogP) is 1.23. The molecule has 1 saturated heterocycles. The first-order valence-corrected chi connectivity index (χ1v) is 5.80. The van der Waals surface area contributed by atoms with Crippen LogP contribution in [0.2, 0.25) is 0 Å². The van der Waals surface area contributed by atoms with Gasteiger partial charge in [0.25, 0.3) is 11.6 Å². The Morgan fingerprint density at radius 3 is 2.60 bits per heavy atom. The van der Waals surface area contributed by atoms with Gasteiger partial charge in [-0.2, -0.15) is 0 Å². The van der Waals surface area contributed by atoms with Crippen molar-refractivity contribution in [2.75, 3.05) is 13.1 Å². The van der Waals surface area contributed by atoms with E-state index in [0.717, 1.165) is 4.90 Å². The van der Waals surface area contributed by atoms with Gasteiger partial charge in [0.2, 0.25) is 5.67 Å². The molecule has 1 atom stereocenters. The van der Waals surface area contributed by atoms with Gasteiger partial charge in [0.15, 0.2) is 0 Å². The number of nitrogens with zero attached hydrogens (tertiary/aromatic N) is 2. The normalized spacial score (nSPS) is 21.8. The van der Waals surface area contributed by atoms with E-state index >= 15 is 0 Å². The summed E-state index contributed by atoms with van der Waals surface area (Å²) in [6.45, 7) is -0.694. The monoisotopic (exact) mass is 282 g/mol. The van der Waals surface area contributed by atoms with E-state index < -0.39 is 29.0 Å². The third kappa shape index (κ3) is 2.31. The molecule has 0 saturated carbocycles. The molecule has 0 bridgehead atoms. The summed E-state index contributed by atoms with van der Waals surface area (Å²) >= 11 is 0. The van der Waals surface area contributed by atoms with Crippen molar-refractivity contribution in [2.24, 2.45) is 0 Å². The molecule has 1 N–H and O–H groups in total. The van der Waals surface area contributed by atoms with Crippen LogP contribution in [-0.2, 0) is 4.79 Å². The Labute approximate surface area is 112 Å². The number of halogens is 1. The maximum Gasteiger partial charge on any atom is 0.343 e. The van der Waals surface area contributed by atoms with E-state index in [1.165, 1.54) is 24.3 Å². The van der Waals surface area contributed by atoms with Gasteiger partial charge in [-0.3, -0.25) is 14.9 Å². The Hall–Kier alpha value is -2.51. The van der Waals surface area contributed by atoms with Crippen molar-refractivity contribution in [3.63, 3.8) is 0 Å². The molecular formula is C12H11FN2O5. The van der Waals surface area contributed by atoms with Gasteiger partial charge in [0, 0.05) is 19.0 Å². The Morgan fingerprint density at radius 1 is 1.40 bits per heavy atom. The van der Waals surface area contributed by atoms with E-state index in [2.05, 4.69) is 0 Å². The maximum atomic E-state index is 13.9. The second-order valence-corrected chi connectivity index (χ2v) is 4.52. The molecule has 106 valence electrons. The van der Waals surface area contributed by atoms with Gasteiger partial charge in [-0.25, -0.2) is 9.18 Å². The van der Waals surface area contributed by atoms with Gasteiger partial charge in [0.1, 0.15) is 5.56 Å². The number of nitro groups is 1. The molecule has 0 aromatic heterocycles. The first kappa shape index (κ1) is 13.9. The summed E-state index contributed by atoms with van der Waals surface area (Å²) in [5.74, 6) is -2.37. The van der Waals surface area contributed by atoms with E-state index in [1.807, 2.05) is 0 Å². The first-order valence-electron chi connectivity index (χ1n) is 5.80. The molecule has 1 aliphatic heterocycles. The van der Waals surface area contributed by atoms with Crippen LogP contribution in [0.4, 0.5) is 10.1 Å². The quantitative estimate of drug-likeness (QED) is 0.663. The predicted molar refractivity (Wildman–Crippen MR) is 65.1 cm³/mol. The SMILES string of the molecule is O=C(c1ccccc1[N+](=O)[O-])N1CCC(F)(C(=O)O)C1. The Morgan fingerprint density at radius 2 is 2.05 bits per heavy atom. The van der Waals surface area contributed by atoms with Gasteiger partial charge in [-0.1, -0.05) is 12.1 Å². The van der Waals surface area contributed by atoms with E-state index in [4.69, 9.17) is 5.11 Å². The summed E-state index contributed by atoms with van der Waals surface area (Å²) in [4.78, 5) is 34.0. The number of nitro benzene ring substituents is 1. The average Bonchev–Trinajstić information content (AvgIpc) is 2.82. The number of carboxylic acids is 1. The van der Waals surface area contributed by atoms with Gasteiger partial charge in [-0.15, -0.1) is 0 Å². The zero-order valence-electron chi connectivity index (χ0n) is 10.3. The van der Waals surface area contributed by atoms with Gasteiger partial charge < -0.3 is 10.0 Å². The fourth-order valence-electron chi connectivity index (χ4n) is 2.10. The minimum absolute atomic E-state index is 0.0896. The number of carbonyl (C=O) groups is 2. The molecule has 1 amide bonds. The molecule has 2 rings (SSSR count). The smallest absolute Gasteiger partial charge is 0.343 e. The summed E-state index contributed by atoms with van der Waals surface area (Å²) in [5.41, 5.74) is -3.05. The molecule has 0 aliphatic carbocycles. The second-order valence-electron chi connectivity index (χ2n) is 4.52. The maximum absolute atomic E-state index is 13.9. The van der Waals surface area contributed by atoms with Crippen molar-refractivity contribution in [1.29, 1.82) is 0 Å². The van der Waals surface area contributed by atoms with E-state index in [0.29, 0.717) is 0 Å². The number of alkyl halides is 1. The third-order valence-electron chi connectivity index (χ3n) is 3.22. The highest BCUT2D eigenvalue weighted by atomic mass is 19.1. The van der Waals surface area contributed by atoms with E-state index in [-0.39, 0.29) is 24.2 Å². The van der Waals surface area contributed by atoms with Crippen LogP contribution < -0.4 is 0 Å². The number of rotatable bonds is 3. The van der Waals surface area contributed by atoms with E-state index in [9.17, 15) is 24.1 Å². The highest BCUT2D eigenvalue weighted by molar-refractivity contribution is 5.98. The Bertz CT molecular complexity index is 591. The summed E-state index contributed by atoms with van der Waals surface area (Å²) in [6.07, 6.45) is -0.325. The lowest BCUT2D eigenvalue weighted by Crippen LogP contribution is -2.39. The van der Waals surface area contributed by atoms with Crippen LogP contribution in [0, 0.1) is 10.1 Å². The molecule has 8 heteroatoms. The lowest BCUT2D eigenvalue weighted by atomic mass is 10.1. The topological polar surface area (TPSA) is 101 Å². The number of hydrogen-bond acceptors (Lipinski definition) is 4. The van der Waals surface area contributed by atoms with Crippen LogP contribution in [0.1, 0.15) is 16.8 Å². The summed E-state index contributed by atoms with van der Waals surface area (Å²) in [5, 5.41) is 19.6. The van der Waals surface area contributed by atoms with Crippen molar-refractivity contribution in [1.82, 2.24) is 4.90 Å². The zero-order chi connectivity index (χ0) is 14.9. The number of carboxylic acid groups (broad SMARTS) is 1. The van der Waals surface area contributed by atoms with Gasteiger partial charge >= 0.3 is 5.97 Å². The molecule has 1 aliphatic rings. The largest absolute Gasteiger partial charge is 0.479 e. The molecule has 1 aromatic carbocycles. The van der Waals surface area contributed by atoms with Crippen LogP contribution in [0.5, 0.6) is 0 Å². The Balaban J connectivity index is 2.26. The fraction of sp³-hybridized carbons (Fsp3) is 0.333. The second kappa shape index (κ2) is 4.87. The van der Waals surface area contributed by atoms with Gasteiger partial charge in [-0.05, 0) is 6.07 Å². The number of para-hydroxylation sites is 1. The number of likely N-dealkylation sites (tertiary alicyclic amines) is 1. The summed E-state index contributed by atoms with van der Waals surface area (Å²) < 4.78 is 13.9. The average molecular weight is 282 g/mol. The number of benzene rings is 1. The molecule has 0 radical (unpaired) electrons. The van der Waals surface area contributed by atoms with Crippen molar-refractivity contribution in [3.05, 3.63) is 39.9 Å². The van der Waals surface area contributed by atoms with Crippen LogP contribution in [0.25, 0.3) is 0 Å². The third-order valence-corrected chi connectivity index (χ3v) is 3.22. The lowest BCUT2D eigenvalue weighted by Gasteiger charge is -2.17. The molecule has 1 unspecified atom stereocenters. The fourth-order valence-corrected chi connectivity index (χ4v) is 2.10. The van der Waals surface area contributed by atoms with E-state index in [1.54, 1.807) is 0 Å². The van der Waals surface area contributed by atoms with Crippen molar-refractivity contribution < 1.29 is 24.0 Å². The number of aliphatic carboxylic acids is 1. The Kier molecular flexibility index (Phi) is 3.39. The molecule has 1 aromatic rings. The summed E-state index contributed by atoms with van der Waals surface area (Å²) in [6, 6.07) is 5.30. The zero-order valence-corrected chi connectivity index (χ0v) is 10.3. The van der Waals surface area contributed by atoms with Crippen LogP contribution in [0.3, 0.4) is 0 Å². The molecule has 20 heavy (non-hydrogen) atoms. The highest BCUT2D eigenvalue weighted by Gasteiger charge is 2.47. The number of carbonyl (C=O) groups excluding carboxylic acids is 1. The molecule has 1 fully saturated rings. The van der Waals surface area contributed by atoms with Crippen molar-refractivity contribution >= 4 is 17.6 Å². The van der Waals surface area contributed by atoms with Crippen LogP contribution in [0.15, 0.2) is 24.3 Å². The lowest BCUT2D eigenvalue weighted by molar-refractivity contribution is -0.385. The molecular weight excluding hydrogens is 271 g/mol. The summed E-state index contributed by atoms with van der Waals surface area (Å²) in [7, 11) is 0. The molecule has 0 spiro atoms. The van der Waals surface area contributed by atoms with Gasteiger partial charge in [0.05, 0.1) is 11.5 Å². The standard InChI is InChI=1S/C12H11FN2O5/c13-12(11(17)18)5-6-14(7-12)10(16)8-3-1-2-4-9(8)15(19)20/h1-4H,5-7H2,(H,17,18). The number of amides is 1. The minimum Gasteiger partial charge on any atom is -0.479 e.